The normalized spacial score (nSPS) is 16.9. The van der Waals surface area contributed by atoms with Crippen molar-refractivity contribution in [1.29, 1.82) is 0 Å². The van der Waals surface area contributed by atoms with E-state index in [0.717, 1.165) is 17.7 Å². The van der Waals surface area contributed by atoms with E-state index in [1.807, 2.05) is 12.2 Å². The van der Waals surface area contributed by atoms with Crippen molar-refractivity contribution in [3.05, 3.63) is 29.8 Å². The van der Waals surface area contributed by atoms with E-state index in [1.165, 1.54) is 12.1 Å². The molecule has 1 aliphatic heterocycles. The van der Waals surface area contributed by atoms with Gasteiger partial charge in [0.1, 0.15) is 0 Å². The molecule has 0 atom stereocenters. The number of hydrogen-bond acceptors (Lipinski definition) is 3. The zero-order valence-corrected chi connectivity index (χ0v) is 9.22. The third-order valence-corrected chi connectivity index (χ3v) is 2.29. The Hall–Kier alpha value is -1.23. The highest BCUT2D eigenvalue weighted by Gasteiger charge is 2.43. The Morgan fingerprint density at radius 1 is 1.25 bits per heavy atom. The molecule has 1 heterocycles. The number of ether oxygens (including phenoxy) is 2. The lowest BCUT2D eigenvalue weighted by molar-refractivity contribution is -0.286. The van der Waals surface area contributed by atoms with Crippen LogP contribution in [0.2, 0.25) is 0 Å². The SMILES string of the molecule is FC1(F)Oc2ccc(C=CCCS)cc2O1. The Morgan fingerprint density at radius 2 is 2.00 bits per heavy atom. The van der Waals surface area contributed by atoms with Crippen molar-refractivity contribution >= 4 is 18.7 Å². The molecule has 0 spiro atoms. The summed E-state index contributed by atoms with van der Waals surface area (Å²) >= 11 is 4.06. The van der Waals surface area contributed by atoms with Crippen LogP contribution >= 0.6 is 12.6 Å². The lowest BCUT2D eigenvalue weighted by atomic mass is 10.2. The van der Waals surface area contributed by atoms with Crippen LogP contribution in [0.1, 0.15) is 12.0 Å². The second kappa shape index (κ2) is 4.33. The Bertz CT molecular complexity index is 418. The number of allylic oxidation sites excluding steroid dienone is 1. The van der Waals surface area contributed by atoms with Crippen molar-refractivity contribution in [1.82, 2.24) is 0 Å². The van der Waals surface area contributed by atoms with E-state index in [4.69, 9.17) is 0 Å². The number of thiol groups is 1. The minimum absolute atomic E-state index is 0.0661. The first-order chi connectivity index (χ1) is 7.61. The molecule has 5 heteroatoms. The Morgan fingerprint density at radius 3 is 2.75 bits per heavy atom. The van der Waals surface area contributed by atoms with Gasteiger partial charge in [-0.2, -0.15) is 12.6 Å². The Balaban J connectivity index is 2.16. The average Bonchev–Trinajstić information content (AvgIpc) is 2.51. The van der Waals surface area contributed by atoms with Crippen LogP contribution in [0.15, 0.2) is 24.3 Å². The average molecular weight is 244 g/mol. The summed E-state index contributed by atoms with van der Waals surface area (Å²) in [6.45, 7) is 0. The van der Waals surface area contributed by atoms with Crippen LogP contribution in [-0.4, -0.2) is 12.0 Å². The number of rotatable bonds is 3. The predicted octanol–water partition coefficient (Wildman–Crippen LogP) is 3.34. The number of halogens is 2. The highest BCUT2D eigenvalue weighted by atomic mass is 32.1. The molecule has 0 fully saturated rings. The van der Waals surface area contributed by atoms with E-state index >= 15 is 0 Å². The summed E-state index contributed by atoms with van der Waals surface area (Å²) in [5.41, 5.74) is 0.793. The molecule has 2 rings (SSSR count). The van der Waals surface area contributed by atoms with E-state index in [9.17, 15) is 8.78 Å². The van der Waals surface area contributed by atoms with Crippen LogP contribution in [-0.2, 0) is 0 Å². The first kappa shape index (κ1) is 11.3. The summed E-state index contributed by atoms with van der Waals surface area (Å²) in [7, 11) is 0. The molecule has 2 nitrogen and oxygen atoms in total. The van der Waals surface area contributed by atoms with E-state index in [2.05, 4.69) is 22.1 Å². The van der Waals surface area contributed by atoms with Crippen LogP contribution in [0.4, 0.5) is 8.78 Å². The van der Waals surface area contributed by atoms with Gasteiger partial charge in [0.05, 0.1) is 0 Å². The van der Waals surface area contributed by atoms with Crippen molar-refractivity contribution in [3.63, 3.8) is 0 Å². The molecule has 0 N–H and O–H groups in total. The van der Waals surface area contributed by atoms with Crippen molar-refractivity contribution < 1.29 is 18.3 Å². The topological polar surface area (TPSA) is 18.5 Å². The van der Waals surface area contributed by atoms with Gasteiger partial charge in [0.2, 0.25) is 0 Å². The smallest absolute Gasteiger partial charge is 0.395 e. The highest BCUT2D eigenvalue weighted by Crippen LogP contribution is 2.41. The summed E-state index contributed by atoms with van der Waals surface area (Å²) in [4.78, 5) is 0. The number of hydrogen-bond donors (Lipinski definition) is 1. The van der Waals surface area contributed by atoms with Crippen LogP contribution in [0, 0.1) is 0 Å². The summed E-state index contributed by atoms with van der Waals surface area (Å²) in [5.74, 6) is 0.883. The molecule has 0 unspecified atom stereocenters. The number of alkyl halides is 2. The van der Waals surface area contributed by atoms with Crippen molar-refractivity contribution in [2.24, 2.45) is 0 Å². The number of benzene rings is 1. The van der Waals surface area contributed by atoms with Gasteiger partial charge in [-0.05, 0) is 29.9 Å². The molecule has 16 heavy (non-hydrogen) atoms. The predicted molar refractivity (Wildman–Crippen MR) is 60.1 cm³/mol. The second-order valence-electron chi connectivity index (χ2n) is 3.29. The molecule has 0 saturated heterocycles. The lowest BCUT2D eigenvalue weighted by Crippen LogP contribution is -2.25. The fraction of sp³-hybridized carbons (Fsp3) is 0.273. The van der Waals surface area contributed by atoms with Crippen molar-refractivity contribution in [2.75, 3.05) is 5.75 Å². The van der Waals surface area contributed by atoms with E-state index in [0.29, 0.717) is 0 Å². The molecule has 0 saturated carbocycles. The van der Waals surface area contributed by atoms with Crippen LogP contribution in [0.5, 0.6) is 11.5 Å². The summed E-state index contributed by atoms with van der Waals surface area (Å²) in [6.07, 6.45) is 1.03. The standard InChI is InChI=1S/C11H10F2O2S/c12-11(13)14-9-5-4-8(3-1-2-6-16)7-10(9)15-11/h1,3-5,7,16H,2,6H2. The Kier molecular flexibility index (Phi) is 3.05. The van der Waals surface area contributed by atoms with Gasteiger partial charge in [0, 0.05) is 0 Å². The number of fused-ring (bicyclic) bond motifs is 1. The molecule has 1 aromatic carbocycles. The van der Waals surface area contributed by atoms with E-state index in [-0.39, 0.29) is 11.5 Å². The molecule has 0 amide bonds. The molecule has 0 radical (unpaired) electrons. The lowest BCUT2D eigenvalue weighted by Gasteiger charge is -2.04. The molecular formula is C11H10F2O2S. The monoisotopic (exact) mass is 244 g/mol. The zero-order chi connectivity index (χ0) is 11.6. The van der Waals surface area contributed by atoms with Gasteiger partial charge < -0.3 is 9.47 Å². The van der Waals surface area contributed by atoms with Gasteiger partial charge in [-0.1, -0.05) is 18.2 Å². The molecule has 0 bridgehead atoms. The molecular weight excluding hydrogens is 234 g/mol. The van der Waals surface area contributed by atoms with Gasteiger partial charge in [-0.3, -0.25) is 0 Å². The molecule has 1 aromatic rings. The van der Waals surface area contributed by atoms with Gasteiger partial charge in [0.15, 0.2) is 11.5 Å². The maximum atomic E-state index is 12.7. The van der Waals surface area contributed by atoms with Crippen LogP contribution < -0.4 is 9.47 Å². The van der Waals surface area contributed by atoms with Crippen molar-refractivity contribution in [3.8, 4) is 11.5 Å². The third-order valence-electron chi connectivity index (χ3n) is 2.03. The van der Waals surface area contributed by atoms with Crippen LogP contribution in [0.25, 0.3) is 6.08 Å². The maximum absolute atomic E-state index is 12.7. The zero-order valence-electron chi connectivity index (χ0n) is 8.32. The second-order valence-corrected chi connectivity index (χ2v) is 3.74. The summed E-state index contributed by atoms with van der Waals surface area (Å²) in [5, 5.41) is 0. The Labute approximate surface area is 97.3 Å². The van der Waals surface area contributed by atoms with Gasteiger partial charge in [-0.25, -0.2) is 0 Å². The quantitative estimate of drug-likeness (QED) is 0.822. The minimum Gasteiger partial charge on any atom is -0.395 e. The van der Waals surface area contributed by atoms with Gasteiger partial charge >= 0.3 is 6.29 Å². The minimum atomic E-state index is -3.55. The van der Waals surface area contributed by atoms with E-state index in [1.54, 1.807) is 6.07 Å². The largest absolute Gasteiger partial charge is 0.586 e. The fourth-order valence-electron chi connectivity index (χ4n) is 1.36. The molecule has 1 aliphatic rings. The molecule has 0 aliphatic carbocycles. The highest BCUT2D eigenvalue weighted by molar-refractivity contribution is 7.80. The molecule has 0 aromatic heterocycles. The third kappa shape index (κ3) is 2.47. The van der Waals surface area contributed by atoms with Crippen LogP contribution in [0.3, 0.4) is 0 Å². The first-order valence-corrected chi connectivity index (χ1v) is 5.41. The maximum Gasteiger partial charge on any atom is 0.586 e. The van der Waals surface area contributed by atoms with E-state index < -0.39 is 6.29 Å². The van der Waals surface area contributed by atoms with Crippen molar-refractivity contribution in [2.45, 2.75) is 12.7 Å². The van der Waals surface area contributed by atoms with Gasteiger partial charge in [-0.15, -0.1) is 8.78 Å². The molecule has 86 valence electrons. The summed E-state index contributed by atoms with van der Waals surface area (Å²) < 4.78 is 34.0. The first-order valence-electron chi connectivity index (χ1n) is 4.78. The van der Waals surface area contributed by atoms with Gasteiger partial charge in [0.25, 0.3) is 0 Å². The summed E-state index contributed by atoms with van der Waals surface area (Å²) in [6, 6.07) is 4.68. The fourth-order valence-corrected chi connectivity index (χ4v) is 1.51.